The summed E-state index contributed by atoms with van der Waals surface area (Å²) in [7, 11) is 0. The lowest BCUT2D eigenvalue weighted by molar-refractivity contribution is -0.134. The van der Waals surface area contributed by atoms with Crippen molar-refractivity contribution in [3.8, 4) is 0 Å². The molecule has 9 heteroatoms. The molecule has 1 aliphatic heterocycles. The highest BCUT2D eigenvalue weighted by atomic mass is 16.2. The lowest BCUT2D eigenvalue weighted by Crippen LogP contribution is -2.52. The third-order valence-corrected chi connectivity index (χ3v) is 8.32. The monoisotopic (exact) mass is 555 g/mol. The number of amides is 2. The fraction of sp³-hybridized carbons (Fsp3) is 0.500. The van der Waals surface area contributed by atoms with E-state index in [4.69, 9.17) is 4.99 Å². The van der Waals surface area contributed by atoms with Crippen molar-refractivity contribution < 1.29 is 9.59 Å². The normalized spacial score (nSPS) is 23.2. The number of aliphatic imine (C=N–C) groups is 1. The van der Waals surface area contributed by atoms with Crippen LogP contribution in [-0.4, -0.2) is 48.7 Å². The number of carbonyl (C=O) groups excluding carboxylic acids is 2. The summed E-state index contributed by atoms with van der Waals surface area (Å²) in [6.07, 6.45) is 4.65. The summed E-state index contributed by atoms with van der Waals surface area (Å²) >= 11 is 0. The van der Waals surface area contributed by atoms with E-state index in [1.165, 1.54) is 0 Å². The Labute approximate surface area is 242 Å². The maximum absolute atomic E-state index is 14.4. The third kappa shape index (κ3) is 6.24. The van der Waals surface area contributed by atoms with E-state index in [1.807, 2.05) is 49.4 Å². The first-order valence-electron chi connectivity index (χ1n) is 14.8. The molecule has 216 valence electrons. The average molecular weight is 556 g/mol. The molecule has 9 nitrogen and oxygen atoms in total. The Morgan fingerprint density at radius 3 is 2.46 bits per heavy atom. The maximum Gasteiger partial charge on any atom is 0.275 e. The summed E-state index contributed by atoms with van der Waals surface area (Å²) < 4.78 is 0. The van der Waals surface area contributed by atoms with Crippen molar-refractivity contribution in [1.82, 2.24) is 30.8 Å². The van der Waals surface area contributed by atoms with Gasteiger partial charge in [0.2, 0.25) is 0 Å². The van der Waals surface area contributed by atoms with Gasteiger partial charge in [-0.2, -0.15) is 5.21 Å². The third-order valence-electron chi connectivity index (χ3n) is 8.32. The largest absolute Gasteiger partial charge is 0.345 e. The molecule has 1 aromatic heterocycles. The van der Waals surface area contributed by atoms with Crippen LogP contribution in [0.5, 0.6) is 0 Å². The number of aromatic amines is 1. The fourth-order valence-electron chi connectivity index (χ4n) is 6.68. The molecule has 5 rings (SSSR count). The number of nitrogens with one attached hydrogen (secondary N) is 2. The van der Waals surface area contributed by atoms with Gasteiger partial charge in [0, 0.05) is 11.1 Å². The molecule has 3 aromatic rings. The predicted octanol–water partition coefficient (Wildman–Crippen LogP) is 5.40. The maximum atomic E-state index is 14.4. The molecule has 41 heavy (non-hydrogen) atoms. The first-order chi connectivity index (χ1) is 19.6. The van der Waals surface area contributed by atoms with E-state index in [2.05, 4.69) is 64.6 Å². The number of aryl methyl sites for hydroxylation is 1. The lowest BCUT2D eigenvalue weighted by atomic mass is 9.75. The Morgan fingerprint density at radius 2 is 1.83 bits per heavy atom. The van der Waals surface area contributed by atoms with E-state index in [9.17, 15) is 9.59 Å². The van der Waals surface area contributed by atoms with E-state index >= 15 is 0 Å². The Hall–Kier alpha value is -3.88. The molecule has 2 amide bonds. The van der Waals surface area contributed by atoms with Crippen molar-refractivity contribution in [1.29, 1.82) is 0 Å². The predicted molar refractivity (Wildman–Crippen MR) is 158 cm³/mol. The van der Waals surface area contributed by atoms with Gasteiger partial charge in [0.25, 0.3) is 11.8 Å². The quantitative estimate of drug-likeness (QED) is 0.367. The Morgan fingerprint density at radius 1 is 1.10 bits per heavy atom. The molecule has 1 fully saturated rings. The van der Waals surface area contributed by atoms with Crippen LogP contribution in [0.25, 0.3) is 0 Å². The van der Waals surface area contributed by atoms with Gasteiger partial charge in [-0.15, -0.1) is 10.2 Å². The first-order valence-corrected chi connectivity index (χ1v) is 14.8. The minimum atomic E-state index is -0.574. The highest BCUT2D eigenvalue weighted by molar-refractivity contribution is 6.46. The highest BCUT2D eigenvalue weighted by Gasteiger charge is 2.53. The molecule has 0 radical (unpaired) electrons. The number of H-pyrrole nitrogens is 1. The summed E-state index contributed by atoms with van der Waals surface area (Å²) in [4.78, 5) is 34.7. The van der Waals surface area contributed by atoms with Gasteiger partial charge >= 0.3 is 0 Å². The summed E-state index contributed by atoms with van der Waals surface area (Å²) in [6, 6.07) is 15.6. The van der Waals surface area contributed by atoms with Crippen molar-refractivity contribution in [2.75, 3.05) is 0 Å². The van der Waals surface area contributed by atoms with Crippen LogP contribution in [0.15, 0.2) is 53.5 Å². The number of aromatic nitrogens is 4. The van der Waals surface area contributed by atoms with E-state index in [-0.39, 0.29) is 24.4 Å². The molecular weight excluding hydrogens is 514 g/mol. The number of rotatable bonds is 9. The van der Waals surface area contributed by atoms with Crippen molar-refractivity contribution in [3.63, 3.8) is 0 Å². The van der Waals surface area contributed by atoms with E-state index < -0.39 is 5.66 Å². The Kier molecular flexibility index (Phi) is 8.33. The first kappa shape index (κ1) is 28.6. The molecule has 2 N–H and O–H groups in total. The van der Waals surface area contributed by atoms with Crippen LogP contribution in [0.1, 0.15) is 98.7 Å². The number of nitrogens with zero attached hydrogens (tertiary/aromatic N) is 5. The van der Waals surface area contributed by atoms with Crippen LogP contribution in [-0.2, 0) is 11.3 Å². The second kappa shape index (κ2) is 11.9. The average Bonchev–Trinajstić information content (AvgIpc) is 3.54. The van der Waals surface area contributed by atoms with Gasteiger partial charge < -0.3 is 10.2 Å². The molecule has 2 unspecified atom stereocenters. The second-order valence-electron chi connectivity index (χ2n) is 12.5. The van der Waals surface area contributed by atoms with Crippen LogP contribution >= 0.6 is 0 Å². The van der Waals surface area contributed by atoms with Crippen molar-refractivity contribution in [3.05, 3.63) is 76.6 Å². The van der Waals surface area contributed by atoms with E-state index in [1.54, 1.807) is 0 Å². The van der Waals surface area contributed by atoms with Crippen molar-refractivity contribution >= 4 is 17.5 Å². The standard InChI is InChI=1S/C32H41N7O2/c1-20(2)9-14-27(24-10-12-25(13-11-24)30(40)33-19-28-35-37-38-36-28)39-31(41)29(26-8-6-7-21(3)16-26)34-32(39)17-22(4)15-23(5)18-32/h6-8,10-13,16,20,22-23,27H,9,14-15,17-19H2,1-5H3,(H,33,40)(H,35,36,37,38)/t22?,23?,27-,32?/m1/s1. The molecule has 2 heterocycles. The van der Waals surface area contributed by atoms with Gasteiger partial charge in [-0.1, -0.05) is 68.8 Å². The Bertz CT molecular complexity index is 1390. The molecule has 1 saturated carbocycles. The van der Waals surface area contributed by atoms with Crippen LogP contribution in [0.2, 0.25) is 0 Å². The summed E-state index contributed by atoms with van der Waals surface area (Å²) in [6.45, 7) is 11.2. The highest BCUT2D eigenvalue weighted by Crippen LogP contribution is 2.48. The topological polar surface area (TPSA) is 116 Å². The van der Waals surface area contributed by atoms with Crippen LogP contribution in [0.3, 0.4) is 0 Å². The van der Waals surface area contributed by atoms with Gasteiger partial charge in [-0.3, -0.25) is 14.6 Å². The second-order valence-corrected chi connectivity index (χ2v) is 12.5. The smallest absolute Gasteiger partial charge is 0.275 e. The van der Waals surface area contributed by atoms with Crippen LogP contribution in [0, 0.1) is 24.7 Å². The number of hydrogen-bond donors (Lipinski definition) is 2. The zero-order chi connectivity index (χ0) is 29.1. The minimum Gasteiger partial charge on any atom is -0.345 e. The zero-order valence-corrected chi connectivity index (χ0v) is 24.7. The van der Waals surface area contributed by atoms with Crippen molar-refractivity contribution in [2.24, 2.45) is 22.7 Å². The van der Waals surface area contributed by atoms with Crippen LogP contribution in [0.4, 0.5) is 0 Å². The molecular formula is C32H41N7O2. The summed E-state index contributed by atoms with van der Waals surface area (Å²) in [5.41, 5.74) is 3.57. The fourth-order valence-corrected chi connectivity index (χ4v) is 6.68. The molecule has 2 aromatic carbocycles. The molecule has 1 spiro atoms. The zero-order valence-electron chi connectivity index (χ0n) is 24.7. The molecule has 3 atom stereocenters. The van der Waals surface area contributed by atoms with Gasteiger partial charge in [0.1, 0.15) is 11.4 Å². The van der Waals surface area contributed by atoms with Crippen LogP contribution < -0.4 is 5.32 Å². The number of hydrogen-bond acceptors (Lipinski definition) is 6. The Balaban J connectivity index is 1.49. The van der Waals surface area contributed by atoms with Gasteiger partial charge in [0.05, 0.1) is 12.6 Å². The molecule has 0 bridgehead atoms. The number of benzene rings is 2. The number of carbonyl (C=O) groups is 2. The molecule has 2 aliphatic rings. The SMILES string of the molecule is Cc1cccc(C2=NC3(CC(C)CC(C)C3)N([C@H](CCC(C)C)c3ccc(C(=O)NCc4nn[nH]n4)cc3)C2=O)c1. The van der Waals surface area contributed by atoms with E-state index in [0.717, 1.165) is 48.8 Å². The molecule has 1 aliphatic carbocycles. The van der Waals surface area contributed by atoms with Gasteiger partial charge in [0.15, 0.2) is 5.82 Å². The summed E-state index contributed by atoms with van der Waals surface area (Å²) in [5, 5.41) is 16.5. The minimum absolute atomic E-state index is 0.00703. The van der Waals surface area contributed by atoms with Gasteiger partial charge in [-0.05, 0) is 80.5 Å². The molecule has 0 saturated heterocycles. The van der Waals surface area contributed by atoms with Crippen molar-refractivity contribution in [2.45, 2.75) is 85.0 Å². The van der Waals surface area contributed by atoms with E-state index in [0.29, 0.717) is 34.9 Å². The van der Waals surface area contributed by atoms with Gasteiger partial charge in [-0.25, -0.2) is 0 Å². The number of tetrazole rings is 1. The summed E-state index contributed by atoms with van der Waals surface area (Å²) in [5.74, 6) is 1.63. The lowest BCUT2D eigenvalue weighted by Gasteiger charge is -2.47.